The predicted octanol–water partition coefficient (Wildman–Crippen LogP) is 1.70. The molecule has 0 radical (unpaired) electrons. The molecular weight excluding hydrogens is 290 g/mol. The number of piperidine rings is 1. The summed E-state index contributed by atoms with van der Waals surface area (Å²) in [6, 6.07) is 7.35. The van der Waals surface area contributed by atoms with Crippen LogP contribution in [-0.2, 0) is 4.79 Å². The van der Waals surface area contributed by atoms with Crippen molar-refractivity contribution in [2.24, 2.45) is 5.73 Å². The normalized spacial score (nSPS) is 22.5. The van der Waals surface area contributed by atoms with Crippen molar-refractivity contribution < 1.29 is 9.90 Å². The van der Waals surface area contributed by atoms with E-state index in [1.807, 2.05) is 23.1 Å². The molecule has 3 rings (SSSR count). The molecule has 0 saturated carbocycles. The van der Waals surface area contributed by atoms with E-state index < -0.39 is 11.5 Å². The molecule has 2 heterocycles. The maximum absolute atomic E-state index is 11.5. The third-order valence-electron chi connectivity index (χ3n) is 3.95. The molecule has 1 saturated heterocycles. The summed E-state index contributed by atoms with van der Waals surface area (Å²) >= 11 is 6.07. The Morgan fingerprint density at radius 1 is 1.43 bits per heavy atom. The first-order valence-electron chi connectivity index (χ1n) is 6.81. The average Bonchev–Trinajstić information content (AvgIpc) is 2.46. The van der Waals surface area contributed by atoms with Crippen LogP contribution in [0.3, 0.4) is 0 Å². The number of benzene rings is 1. The van der Waals surface area contributed by atoms with Gasteiger partial charge in [0.05, 0.1) is 12.1 Å². The van der Waals surface area contributed by atoms with Crippen LogP contribution >= 0.6 is 11.6 Å². The number of aromatic nitrogens is 1. The number of hydrogen-bond donors (Lipinski definition) is 2. The molecule has 1 aromatic carbocycles. The lowest BCUT2D eigenvalue weighted by Gasteiger charge is -2.38. The quantitative estimate of drug-likeness (QED) is 0.885. The first-order chi connectivity index (χ1) is 9.99. The zero-order chi connectivity index (χ0) is 15.0. The number of halogens is 1. The topological polar surface area (TPSA) is 79.5 Å². The van der Waals surface area contributed by atoms with Gasteiger partial charge in [0, 0.05) is 28.8 Å². The molecule has 1 aliphatic rings. The summed E-state index contributed by atoms with van der Waals surface area (Å²) in [6.45, 7) is 0.940. The SMILES string of the molecule is NC(=O)[C@@]1(O)CCCN(c2ccnc3ccc(Cl)cc23)C1. The average molecular weight is 306 g/mol. The Kier molecular flexibility index (Phi) is 3.47. The summed E-state index contributed by atoms with van der Waals surface area (Å²) in [6.07, 6.45) is 2.80. The number of rotatable bonds is 2. The number of β-amino-alcohol motifs (C(OH)–C–C–N with tert-alkyl or cyclic N) is 1. The third kappa shape index (κ3) is 2.54. The second-order valence-electron chi connectivity index (χ2n) is 5.41. The number of nitrogens with two attached hydrogens (primary N) is 1. The van der Waals surface area contributed by atoms with Gasteiger partial charge in [0.1, 0.15) is 0 Å². The lowest BCUT2D eigenvalue weighted by molar-refractivity contribution is -0.137. The van der Waals surface area contributed by atoms with Crippen molar-refractivity contribution >= 4 is 34.1 Å². The smallest absolute Gasteiger partial charge is 0.251 e. The van der Waals surface area contributed by atoms with Crippen molar-refractivity contribution in [2.75, 3.05) is 18.0 Å². The molecule has 0 unspecified atom stereocenters. The molecule has 2 aromatic rings. The summed E-state index contributed by atoms with van der Waals surface area (Å²) in [7, 11) is 0. The zero-order valence-electron chi connectivity index (χ0n) is 11.4. The molecule has 1 aliphatic heterocycles. The lowest BCUT2D eigenvalue weighted by Crippen LogP contribution is -2.56. The van der Waals surface area contributed by atoms with Gasteiger partial charge in [-0.1, -0.05) is 11.6 Å². The fourth-order valence-electron chi connectivity index (χ4n) is 2.82. The van der Waals surface area contributed by atoms with Gasteiger partial charge in [-0.05, 0) is 37.1 Å². The van der Waals surface area contributed by atoms with Crippen LogP contribution in [0.2, 0.25) is 5.02 Å². The highest BCUT2D eigenvalue weighted by atomic mass is 35.5. The van der Waals surface area contributed by atoms with E-state index in [0.717, 1.165) is 23.1 Å². The number of aliphatic hydroxyl groups is 1. The summed E-state index contributed by atoms with van der Waals surface area (Å²) < 4.78 is 0. The molecule has 1 aromatic heterocycles. The van der Waals surface area contributed by atoms with Crippen molar-refractivity contribution in [3.05, 3.63) is 35.5 Å². The second kappa shape index (κ2) is 5.16. The first kappa shape index (κ1) is 14.1. The van der Waals surface area contributed by atoms with E-state index in [4.69, 9.17) is 17.3 Å². The van der Waals surface area contributed by atoms with E-state index >= 15 is 0 Å². The molecule has 110 valence electrons. The summed E-state index contributed by atoms with van der Waals surface area (Å²) in [5.74, 6) is -0.677. The number of carbonyl (C=O) groups excluding carboxylic acids is 1. The molecule has 21 heavy (non-hydrogen) atoms. The van der Waals surface area contributed by atoms with Crippen LogP contribution in [0.5, 0.6) is 0 Å². The molecule has 0 bridgehead atoms. The Morgan fingerprint density at radius 3 is 3.00 bits per heavy atom. The van der Waals surface area contributed by atoms with Gasteiger partial charge in [0.25, 0.3) is 5.91 Å². The molecule has 0 spiro atoms. The van der Waals surface area contributed by atoms with Crippen molar-refractivity contribution in [1.29, 1.82) is 0 Å². The van der Waals surface area contributed by atoms with Crippen LogP contribution in [-0.4, -0.2) is 34.7 Å². The van der Waals surface area contributed by atoms with Gasteiger partial charge in [-0.15, -0.1) is 0 Å². The van der Waals surface area contributed by atoms with Crippen molar-refractivity contribution in [3.63, 3.8) is 0 Å². The van der Waals surface area contributed by atoms with Gasteiger partial charge in [-0.2, -0.15) is 0 Å². The van der Waals surface area contributed by atoms with Crippen molar-refractivity contribution in [2.45, 2.75) is 18.4 Å². The van der Waals surface area contributed by atoms with E-state index in [2.05, 4.69) is 4.98 Å². The summed E-state index contributed by atoms with van der Waals surface area (Å²) in [5.41, 5.74) is 5.58. The van der Waals surface area contributed by atoms with Crippen molar-refractivity contribution in [3.8, 4) is 0 Å². The van der Waals surface area contributed by atoms with Gasteiger partial charge < -0.3 is 15.7 Å². The molecule has 6 heteroatoms. The van der Waals surface area contributed by atoms with Crippen LogP contribution in [0.4, 0.5) is 5.69 Å². The Balaban J connectivity index is 2.04. The molecule has 1 amide bonds. The van der Waals surface area contributed by atoms with E-state index in [1.54, 1.807) is 12.3 Å². The van der Waals surface area contributed by atoms with Gasteiger partial charge in [-0.25, -0.2) is 0 Å². The monoisotopic (exact) mass is 305 g/mol. The maximum atomic E-state index is 11.5. The van der Waals surface area contributed by atoms with Gasteiger partial charge in [0.2, 0.25) is 0 Å². The summed E-state index contributed by atoms with van der Waals surface area (Å²) in [5, 5.41) is 11.9. The molecule has 1 atom stereocenters. The van der Waals surface area contributed by atoms with Crippen LogP contribution in [0.1, 0.15) is 12.8 Å². The lowest BCUT2D eigenvalue weighted by atomic mass is 9.91. The number of carbonyl (C=O) groups is 1. The Labute approximate surface area is 127 Å². The van der Waals surface area contributed by atoms with E-state index in [-0.39, 0.29) is 6.54 Å². The summed E-state index contributed by atoms with van der Waals surface area (Å²) in [4.78, 5) is 17.8. The Bertz CT molecular complexity index is 706. The van der Waals surface area contributed by atoms with E-state index in [9.17, 15) is 9.90 Å². The van der Waals surface area contributed by atoms with Gasteiger partial charge >= 0.3 is 0 Å². The molecular formula is C15H16ClN3O2. The number of nitrogens with zero attached hydrogens (tertiary/aromatic N) is 2. The third-order valence-corrected chi connectivity index (χ3v) is 4.19. The highest BCUT2D eigenvalue weighted by Gasteiger charge is 2.39. The van der Waals surface area contributed by atoms with Gasteiger partial charge in [-0.3, -0.25) is 9.78 Å². The van der Waals surface area contributed by atoms with E-state index in [0.29, 0.717) is 17.9 Å². The van der Waals surface area contributed by atoms with Crippen LogP contribution < -0.4 is 10.6 Å². The first-order valence-corrected chi connectivity index (χ1v) is 7.19. The van der Waals surface area contributed by atoms with E-state index in [1.165, 1.54) is 0 Å². The van der Waals surface area contributed by atoms with Crippen LogP contribution in [0.15, 0.2) is 30.5 Å². The Morgan fingerprint density at radius 2 is 2.24 bits per heavy atom. The number of anilines is 1. The Hall–Kier alpha value is -1.85. The largest absolute Gasteiger partial charge is 0.378 e. The number of pyridine rings is 1. The predicted molar refractivity (Wildman–Crippen MR) is 82.3 cm³/mol. The van der Waals surface area contributed by atoms with Crippen LogP contribution in [0.25, 0.3) is 10.9 Å². The van der Waals surface area contributed by atoms with Crippen LogP contribution in [0, 0.1) is 0 Å². The number of hydrogen-bond acceptors (Lipinski definition) is 4. The standard InChI is InChI=1S/C15H16ClN3O2/c16-10-2-3-12-11(8-10)13(4-6-18-12)19-7-1-5-15(21,9-19)14(17)20/h2-4,6,8,21H,1,5,7,9H2,(H2,17,20)/t15-/m1/s1. The minimum atomic E-state index is -1.48. The number of amides is 1. The number of fused-ring (bicyclic) bond motifs is 1. The maximum Gasteiger partial charge on any atom is 0.251 e. The molecule has 3 N–H and O–H groups in total. The minimum Gasteiger partial charge on any atom is -0.378 e. The minimum absolute atomic E-state index is 0.188. The molecule has 0 aliphatic carbocycles. The van der Waals surface area contributed by atoms with Crippen molar-refractivity contribution in [1.82, 2.24) is 4.98 Å². The molecule has 1 fully saturated rings. The van der Waals surface area contributed by atoms with Gasteiger partial charge in [0.15, 0.2) is 5.60 Å². The zero-order valence-corrected chi connectivity index (χ0v) is 12.2. The fourth-order valence-corrected chi connectivity index (χ4v) is 2.99. The fraction of sp³-hybridized carbons (Fsp3) is 0.333. The molecule has 5 nitrogen and oxygen atoms in total. The highest BCUT2D eigenvalue weighted by Crippen LogP contribution is 2.32. The second-order valence-corrected chi connectivity index (χ2v) is 5.85. The highest BCUT2D eigenvalue weighted by molar-refractivity contribution is 6.31. The number of primary amides is 1.